The molecule has 5 heteroatoms. The lowest BCUT2D eigenvalue weighted by Crippen LogP contribution is -2.02. The van der Waals surface area contributed by atoms with E-state index >= 15 is 0 Å². The average Bonchev–Trinajstić information content (AvgIpc) is 2.40. The van der Waals surface area contributed by atoms with Crippen molar-refractivity contribution in [1.29, 1.82) is 0 Å². The highest BCUT2D eigenvalue weighted by molar-refractivity contribution is 7.67. The van der Waals surface area contributed by atoms with E-state index in [1.807, 2.05) is 18.2 Å². The minimum absolute atomic E-state index is 0.219. The van der Waals surface area contributed by atoms with Crippen LogP contribution in [0.15, 0.2) is 60.7 Å². The highest BCUT2D eigenvalue weighted by Gasteiger charge is 2.05. The zero-order valence-electron chi connectivity index (χ0n) is 10.4. The Labute approximate surface area is 113 Å². The summed E-state index contributed by atoms with van der Waals surface area (Å²) >= 11 is 0. The third-order valence-electron chi connectivity index (χ3n) is 2.11. The zero-order chi connectivity index (χ0) is 14.1. The fourth-order valence-electron chi connectivity index (χ4n) is 1.23. The largest absolute Gasteiger partial charge is 0.353 e. The van der Waals surface area contributed by atoms with Crippen molar-refractivity contribution >= 4 is 17.0 Å². The molecular formula is C14H14O4S. The van der Waals surface area contributed by atoms with Crippen LogP contribution in [0.5, 0.6) is 0 Å². The van der Waals surface area contributed by atoms with Crippen molar-refractivity contribution in [3.63, 3.8) is 0 Å². The second-order valence-corrected chi connectivity index (χ2v) is 4.25. The Morgan fingerprint density at radius 3 is 1.74 bits per heavy atom. The number of hydrogen-bond donors (Lipinski definition) is 1. The molecule has 0 heterocycles. The molecule has 0 aliphatic heterocycles. The van der Waals surface area contributed by atoms with Gasteiger partial charge in [0.15, 0.2) is 0 Å². The molecule has 0 spiro atoms. The minimum Gasteiger partial charge on any atom is -0.343 e. The summed E-state index contributed by atoms with van der Waals surface area (Å²) in [6, 6.07) is 18.2. The fourth-order valence-corrected chi connectivity index (χ4v) is 1.47. The van der Waals surface area contributed by atoms with E-state index in [1.165, 1.54) is 17.7 Å². The number of carbonyl (C=O) groups excluding carboxylic acids is 1. The smallest absolute Gasteiger partial charge is 0.343 e. The van der Waals surface area contributed by atoms with Gasteiger partial charge in [-0.2, -0.15) is 8.42 Å². The third-order valence-corrected chi connectivity index (χ3v) is 2.42. The summed E-state index contributed by atoms with van der Waals surface area (Å²) < 4.78 is 23.9. The molecule has 0 bridgehead atoms. The predicted molar refractivity (Wildman–Crippen MR) is 73.4 cm³/mol. The van der Waals surface area contributed by atoms with E-state index in [2.05, 4.69) is 23.2 Å². The van der Waals surface area contributed by atoms with Gasteiger partial charge >= 0.3 is 17.0 Å². The van der Waals surface area contributed by atoms with Crippen LogP contribution in [0.25, 0.3) is 0 Å². The van der Waals surface area contributed by atoms with Gasteiger partial charge in [-0.25, -0.2) is 4.79 Å². The van der Waals surface area contributed by atoms with Gasteiger partial charge in [0.1, 0.15) is 0 Å². The molecule has 4 nitrogen and oxygen atoms in total. The van der Waals surface area contributed by atoms with Gasteiger partial charge < -0.3 is 4.18 Å². The number of benzene rings is 2. The second-order valence-electron chi connectivity index (χ2n) is 3.62. The quantitative estimate of drug-likeness (QED) is 0.857. The molecule has 0 atom stereocenters. The Bertz CT molecular complexity index is 569. The Hall–Kier alpha value is -2.14. The molecule has 0 saturated carbocycles. The highest BCUT2D eigenvalue weighted by Crippen LogP contribution is 2.00. The van der Waals surface area contributed by atoms with E-state index in [-0.39, 0.29) is 5.56 Å². The van der Waals surface area contributed by atoms with Crippen molar-refractivity contribution in [3.8, 4) is 0 Å². The number of thiol groups is 1. The molecule has 0 aliphatic carbocycles. The van der Waals surface area contributed by atoms with Crippen molar-refractivity contribution < 1.29 is 17.4 Å². The minimum atomic E-state index is -3.11. The third kappa shape index (κ3) is 6.38. The summed E-state index contributed by atoms with van der Waals surface area (Å²) in [5, 5.41) is 0. The van der Waals surface area contributed by atoms with Gasteiger partial charge in [0.25, 0.3) is 0 Å². The van der Waals surface area contributed by atoms with Crippen LogP contribution in [-0.4, -0.2) is 14.4 Å². The van der Waals surface area contributed by atoms with Crippen molar-refractivity contribution in [2.75, 3.05) is 0 Å². The summed E-state index contributed by atoms with van der Waals surface area (Å²) in [6.45, 7) is 2.08. The molecule has 0 fully saturated rings. The molecule has 2 aromatic rings. The van der Waals surface area contributed by atoms with E-state index in [0.717, 1.165) is 0 Å². The van der Waals surface area contributed by atoms with Crippen LogP contribution in [0.2, 0.25) is 0 Å². The van der Waals surface area contributed by atoms with Crippen LogP contribution >= 0.6 is 0 Å². The van der Waals surface area contributed by atoms with Crippen molar-refractivity contribution in [1.82, 2.24) is 0 Å². The van der Waals surface area contributed by atoms with Gasteiger partial charge in [-0.05, 0) is 19.1 Å². The van der Waals surface area contributed by atoms with Crippen molar-refractivity contribution in [2.45, 2.75) is 6.92 Å². The van der Waals surface area contributed by atoms with Gasteiger partial charge in [-0.15, -0.1) is 0 Å². The maximum Gasteiger partial charge on any atom is 0.353 e. The van der Waals surface area contributed by atoms with Crippen LogP contribution < -0.4 is 0 Å². The number of carbonyl (C=O) groups is 1. The van der Waals surface area contributed by atoms with Gasteiger partial charge in [-0.3, -0.25) is 0 Å². The van der Waals surface area contributed by atoms with Crippen LogP contribution in [0.4, 0.5) is 0 Å². The molecule has 19 heavy (non-hydrogen) atoms. The SMILES string of the molecule is Cc1ccccc1.O=C(O[SH](=O)=O)c1ccccc1. The van der Waals surface area contributed by atoms with Crippen LogP contribution in [0, 0.1) is 6.92 Å². The molecule has 0 aliphatic rings. The summed E-state index contributed by atoms with van der Waals surface area (Å²) in [7, 11) is -3.11. The fraction of sp³-hybridized carbons (Fsp3) is 0.0714. The normalized spacial score (nSPS) is 9.37. The summed E-state index contributed by atoms with van der Waals surface area (Å²) in [6.07, 6.45) is 0. The molecule has 100 valence electrons. The van der Waals surface area contributed by atoms with Crippen LogP contribution in [0.3, 0.4) is 0 Å². The summed E-state index contributed by atoms with van der Waals surface area (Å²) in [4.78, 5) is 10.8. The van der Waals surface area contributed by atoms with Gasteiger partial charge in [0, 0.05) is 0 Å². The van der Waals surface area contributed by atoms with Gasteiger partial charge in [-0.1, -0.05) is 54.1 Å². The molecule has 2 aromatic carbocycles. The van der Waals surface area contributed by atoms with Crippen LogP contribution in [0.1, 0.15) is 15.9 Å². The lowest BCUT2D eigenvalue weighted by Gasteiger charge is -1.94. The van der Waals surface area contributed by atoms with Gasteiger partial charge in [0.05, 0.1) is 5.56 Å². The topological polar surface area (TPSA) is 60.4 Å². The zero-order valence-corrected chi connectivity index (χ0v) is 11.2. The second kappa shape index (κ2) is 8.05. The maximum atomic E-state index is 10.8. The molecular weight excluding hydrogens is 264 g/mol. The molecule has 0 unspecified atom stereocenters. The molecule has 0 saturated heterocycles. The van der Waals surface area contributed by atoms with Crippen LogP contribution in [-0.2, 0) is 15.2 Å². The Kier molecular flexibility index (Phi) is 6.32. The number of hydrogen-bond acceptors (Lipinski definition) is 4. The van der Waals surface area contributed by atoms with Gasteiger partial charge in [0.2, 0.25) is 0 Å². The van der Waals surface area contributed by atoms with Crippen molar-refractivity contribution in [3.05, 3.63) is 71.8 Å². The highest BCUT2D eigenvalue weighted by atomic mass is 32.2. The Morgan fingerprint density at radius 2 is 1.37 bits per heavy atom. The Balaban J connectivity index is 0.000000218. The number of rotatable bonds is 2. The van der Waals surface area contributed by atoms with Crippen molar-refractivity contribution in [2.24, 2.45) is 0 Å². The molecule has 0 radical (unpaired) electrons. The first-order chi connectivity index (χ1) is 9.09. The van der Waals surface area contributed by atoms with E-state index in [4.69, 9.17) is 0 Å². The lowest BCUT2D eigenvalue weighted by molar-refractivity contribution is 0.0754. The molecule has 0 amide bonds. The lowest BCUT2D eigenvalue weighted by atomic mass is 10.2. The first kappa shape index (κ1) is 14.9. The standard InChI is InChI=1S/C7H6O4S.C7H8/c8-7(11-12(9)10)6-4-2-1-3-5-6;1-7-5-3-2-4-6-7/h1-5,12H;2-6H,1H3. The summed E-state index contributed by atoms with van der Waals surface area (Å²) in [5.74, 6) is -0.855. The first-order valence-corrected chi connectivity index (χ1v) is 6.62. The van der Waals surface area contributed by atoms with E-state index in [9.17, 15) is 13.2 Å². The number of aryl methyl sites for hydroxylation is 1. The van der Waals surface area contributed by atoms with E-state index in [0.29, 0.717) is 0 Å². The first-order valence-electron chi connectivity index (χ1n) is 5.53. The van der Waals surface area contributed by atoms with E-state index < -0.39 is 17.0 Å². The monoisotopic (exact) mass is 278 g/mol. The molecule has 0 aromatic heterocycles. The summed E-state index contributed by atoms with van der Waals surface area (Å²) in [5.41, 5.74) is 1.54. The van der Waals surface area contributed by atoms with E-state index in [1.54, 1.807) is 18.2 Å². The average molecular weight is 278 g/mol. The maximum absolute atomic E-state index is 10.8. The predicted octanol–water partition coefficient (Wildman–Crippen LogP) is 2.36. The Morgan fingerprint density at radius 1 is 0.895 bits per heavy atom. The molecule has 2 rings (SSSR count). The molecule has 0 N–H and O–H groups in total.